The van der Waals surface area contributed by atoms with Crippen molar-refractivity contribution < 1.29 is 27.4 Å². The highest BCUT2D eigenvalue weighted by atomic mass is 32.2. The molecule has 0 amide bonds. The molecule has 0 aromatic heterocycles. The standard InChI is InChI=1S/C26H33FN2O5S/c1-5-7-13-26(6-2)17-29(19-11-9-8-10-12-19)22-14-21(28(3)4)23(34-16-20(27)25(30)31)15-24(22)35(32,33)18-26/h8-12,14-16H,5-7,13,17-18H2,1-4H3,(H,30,31)/b20-16-/t26-/m0/s1. The van der Waals surface area contributed by atoms with Gasteiger partial charge in [-0.15, -0.1) is 0 Å². The second-order valence-corrected chi connectivity index (χ2v) is 11.2. The summed E-state index contributed by atoms with van der Waals surface area (Å²) >= 11 is 0. The summed E-state index contributed by atoms with van der Waals surface area (Å²) in [6, 6.07) is 12.7. The minimum Gasteiger partial charge on any atom is -0.476 e. The lowest BCUT2D eigenvalue weighted by atomic mass is 9.81. The Hall–Kier alpha value is -3.07. The Kier molecular flexibility index (Phi) is 8.10. The van der Waals surface area contributed by atoms with E-state index in [0.29, 0.717) is 30.6 Å². The van der Waals surface area contributed by atoms with Crippen LogP contribution in [-0.4, -0.2) is 45.9 Å². The highest BCUT2D eigenvalue weighted by molar-refractivity contribution is 7.91. The van der Waals surface area contributed by atoms with Crippen LogP contribution in [0.2, 0.25) is 0 Å². The third-order valence-corrected chi connectivity index (χ3v) is 8.50. The van der Waals surface area contributed by atoms with Crippen molar-refractivity contribution in [2.45, 2.75) is 44.4 Å². The van der Waals surface area contributed by atoms with Crippen molar-refractivity contribution in [3.05, 3.63) is 54.6 Å². The molecule has 0 radical (unpaired) electrons. The first kappa shape index (κ1) is 26.5. The summed E-state index contributed by atoms with van der Waals surface area (Å²) in [5, 5.41) is 8.83. The molecule has 0 fully saturated rings. The van der Waals surface area contributed by atoms with E-state index >= 15 is 0 Å². The van der Waals surface area contributed by atoms with Gasteiger partial charge in [0, 0.05) is 37.8 Å². The number of unbranched alkanes of at least 4 members (excludes halogenated alkanes) is 1. The predicted octanol–water partition coefficient (Wildman–Crippen LogP) is 5.54. The number of sulfone groups is 1. The largest absolute Gasteiger partial charge is 0.476 e. The van der Waals surface area contributed by atoms with Gasteiger partial charge in [0.25, 0.3) is 0 Å². The van der Waals surface area contributed by atoms with Crippen molar-refractivity contribution >= 4 is 32.9 Å². The molecule has 0 saturated heterocycles. The third-order valence-electron chi connectivity index (χ3n) is 6.51. The number of halogens is 1. The van der Waals surface area contributed by atoms with Crippen LogP contribution in [-0.2, 0) is 14.6 Å². The van der Waals surface area contributed by atoms with Gasteiger partial charge in [0.2, 0.25) is 5.83 Å². The molecule has 0 aliphatic carbocycles. The van der Waals surface area contributed by atoms with Crippen LogP contribution < -0.4 is 14.5 Å². The van der Waals surface area contributed by atoms with Crippen molar-refractivity contribution in [2.75, 3.05) is 36.2 Å². The van der Waals surface area contributed by atoms with Crippen molar-refractivity contribution in [1.82, 2.24) is 0 Å². The number of carboxylic acid groups (broad SMARTS) is 1. The first-order valence-electron chi connectivity index (χ1n) is 11.7. The van der Waals surface area contributed by atoms with Crippen LogP contribution in [0.1, 0.15) is 39.5 Å². The van der Waals surface area contributed by atoms with Gasteiger partial charge in [-0.3, -0.25) is 0 Å². The summed E-state index contributed by atoms with van der Waals surface area (Å²) in [6.45, 7) is 4.65. The molecule has 2 aromatic carbocycles. The lowest BCUT2D eigenvalue weighted by Gasteiger charge is -2.36. The molecular formula is C26H33FN2O5S. The molecule has 1 N–H and O–H groups in total. The Bertz CT molecular complexity index is 1200. The first-order valence-corrected chi connectivity index (χ1v) is 13.3. The van der Waals surface area contributed by atoms with E-state index < -0.39 is 27.0 Å². The monoisotopic (exact) mass is 504 g/mol. The minimum absolute atomic E-state index is 0.0209. The van der Waals surface area contributed by atoms with Crippen LogP contribution in [0.15, 0.2) is 59.4 Å². The summed E-state index contributed by atoms with van der Waals surface area (Å²) in [5.74, 6) is -3.22. The Morgan fingerprint density at radius 3 is 2.49 bits per heavy atom. The smallest absolute Gasteiger partial charge is 0.368 e. The number of fused-ring (bicyclic) bond motifs is 1. The Labute approximate surface area is 206 Å². The molecule has 35 heavy (non-hydrogen) atoms. The number of carbonyl (C=O) groups is 1. The van der Waals surface area contributed by atoms with Gasteiger partial charge in [-0.25, -0.2) is 13.2 Å². The number of anilines is 3. The van der Waals surface area contributed by atoms with E-state index in [9.17, 15) is 17.6 Å². The quantitative estimate of drug-likeness (QED) is 0.354. The maximum Gasteiger partial charge on any atom is 0.368 e. The van der Waals surface area contributed by atoms with Crippen molar-refractivity contribution in [2.24, 2.45) is 5.41 Å². The number of ether oxygens (including phenoxy) is 1. The number of benzene rings is 2. The summed E-state index contributed by atoms with van der Waals surface area (Å²) in [5.41, 5.74) is 1.42. The SMILES string of the molecule is CCCC[C@@]1(CC)CN(c2ccccc2)c2cc(N(C)C)c(O/C=C(\F)C(=O)O)cc2S(=O)(=O)C1. The van der Waals surface area contributed by atoms with Crippen LogP contribution in [0, 0.1) is 5.41 Å². The molecule has 3 rings (SSSR count). The van der Waals surface area contributed by atoms with Gasteiger partial charge < -0.3 is 19.6 Å². The predicted molar refractivity (Wildman–Crippen MR) is 136 cm³/mol. The van der Waals surface area contributed by atoms with Crippen LogP contribution in [0.5, 0.6) is 5.75 Å². The lowest BCUT2D eigenvalue weighted by Crippen LogP contribution is -2.37. The average molecular weight is 505 g/mol. The number of hydrogen-bond donors (Lipinski definition) is 1. The molecule has 1 heterocycles. The van der Waals surface area contributed by atoms with Crippen molar-refractivity contribution in [3.8, 4) is 5.75 Å². The van der Waals surface area contributed by atoms with Gasteiger partial charge in [-0.2, -0.15) is 4.39 Å². The molecule has 0 spiro atoms. The Balaban J connectivity index is 2.27. The highest BCUT2D eigenvalue weighted by Gasteiger charge is 2.42. The van der Waals surface area contributed by atoms with Gasteiger partial charge in [-0.05, 0) is 31.0 Å². The van der Waals surface area contributed by atoms with E-state index in [1.807, 2.05) is 42.2 Å². The van der Waals surface area contributed by atoms with Gasteiger partial charge in [0.15, 0.2) is 15.6 Å². The summed E-state index contributed by atoms with van der Waals surface area (Å²) in [4.78, 5) is 14.7. The van der Waals surface area contributed by atoms with Crippen LogP contribution in [0.3, 0.4) is 0 Å². The Morgan fingerprint density at radius 1 is 1.23 bits per heavy atom. The number of aliphatic carboxylic acids is 1. The molecular weight excluding hydrogens is 471 g/mol. The second kappa shape index (κ2) is 10.7. The highest BCUT2D eigenvalue weighted by Crippen LogP contribution is 2.47. The van der Waals surface area contributed by atoms with Crippen LogP contribution >= 0.6 is 0 Å². The zero-order valence-electron chi connectivity index (χ0n) is 20.6. The fraction of sp³-hybridized carbons (Fsp3) is 0.423. The maximum atomic E-state index is 13.8. The Morgan fingerprint density at radius 2 is 1.91 bits per heavy atom. The van der Waals surface area contributed by atoms with E-state index in [0.717, 1.165) is 24.9 Å². The fourth-order valence-electron chi connectivity index (χ4n) is 4.49. The molecule has 0 saturated carbocycles. The van der Waals surface area contributed by atoms with E-state index in [4.69, 9.17) is 9.84 Å². The van der Waals surface area contributed by atoms with Crippen molar-refractivity contribution in [1.29, 1.82) is 0 Å². The molecule has 9 heteroatoms. The van der Waals surface area contributed by atoms with Crippen molar-refractivity contribution in [3.63, 3.8) is 0 Å². The number of carboxylic acids is 1. The van der Waals surface area contributed by atoms with Gasteiger partial charge in [0.05, 0.1) is 22.0 Å². The molecule has 2 aromatic rings. The van der Waals surface area contributed by atoms with E-state index in [1.54, 1.807) is 25.1 Å². The molecule has 1 atom stereocenters. The number of hydrogen-bond acceptors (Lipinski definition) is 6. The topological polar surface area (TPSA) is 87.2 Å². The lowest BCUT2D eigenvalue weighted by molar-refractivity contribution is -0.134. The fourth-order valence-corrected chi connectivity index (χ4v) is 6.66. The normalized spacial score (nSPS) is 19.6. The van der Waals surface area contributed by atoms with Gasteiger partial charge >= 0.3 is 5.97 Å². The number of rotatable bonds is 9. The molecule has 7 nitrogen and oxygen atoms in total. The molecule has 190 valence electrons. The maximum absolute atomic E-state index is 13.8. The average Bonchev–Trinajstić information content (AvgIpc) is 2.93. The van der Waals surface area contributed by atoms with Gasteiger partial charge in [-0.1, -0.05) is 44.9 Å². The zero-order valence-corrected chi connectivity index (χ0v) is 21.4. The second-order valence-electron chi connectivity index (χ2n) is 9.21. The zero-order chi connectivity index (χ0) is 25.8. The van der Waals surface area contributed by atoms with Crippen LogP contribution in [0.25, 0.3) is 0 Å². The molecule has 1 aliphatic rings. The summed E-state index contributed by atoms with van der Waals surface area (Å²) < 4.78 is 46.6. The van der Waals surface area contributed by atoms with Gasteiger partial charge in [0.1, 0.15) is 6.26 Å². The summed E-state index contributed by atoms with van der Waals surface area (Å²) in [6.07, 6.45) is 3.82. The van der Waals surface area contributed by atoms with E-state index in [-0.39, 0.29) is 16.4 Å². The summed E-state index contributed by atoms with van der Waals surface area (Å²) in [7, 11) is -0.257. The minimum atomic E-state index is -3.76. The third kappa shape index (κ3) is 5.78. The number of para-hydroxylation sites is 1. The molecule has 0 bridgehead atoms. The first-order chi connectivity index (χ1) is 16.5. The number of nitrogens with zero attached hydrogens (tertiary/aromatic N) is 2. The molecule has 1 aliphatic heterocycles. The van der Waals surface area contributed by atoms with Crippen LogP contribution in [0.4, 0.5) is 21.5 Å². The van der Waals surface area contributed by atoms with E-state index in [1.165, 1.54) is 6.07 Å². The van der Waals surface area contributed by atoms with E-state index in [2.05, 4.69) is 6.92 Å². The molecule has 0 unspecified atom stereocenters.